The number of rotatable bonds is 14. The Kier molecular flexibility index (Phi) is 10.5. The first-order valence-electron chi connectivity index (χ1n) is 11.5. The van der Waals surface area contributed by atoms with E-state index in [-0.39, 0.29) is 24.4 Å². The lowest BCUT2D eigenvalue weighted by Gasteiger charge is -2.18. The van der Waals surface area contributed by atoms with E-state index in [1.165, 1.54) is 11.1 Å². The number of aryl methyl sites for hydroxylation is 1. The number of nitrogens with zero attached hydrogens (tertiary/aromatic N) is 1. The normalized spacial score (nSPS) is 11.2. The minimum Gasteiger partial charge on any atom is -0.485 e. The molecule has 0 atom stereocenters. The van der Waals surface area contributed by atoms with Crippen LogP contribution in [0, 0.1) is 0 Å². The molecule has 1 heterocycles. The van der Waals surface area contributed by atoms with Crippen LogP contribution in [0.2, 0.25) is 0 Å². The molecule has 6 heteroatoms. The molecule has 33 heavy (non-hydrogen) atoms. The van der Waals surface area contributed by atoms with Crippen LogP contribution < -0.4 is 20.3 Å². The summed E-state index contributed by atoms with van der Waals surface area (Å²) >= 11 is 0. The molecule has 1 aromatic heterocycles. The fraction of sp³-hybridized carbons (Fsp3) is 0.407. The van der Waals surface area contributed by atoms with Gasteiger partial charge in [-0.15, -0.1) is 6.58 Å². The molecule has 2 aromatic rings. The number of pyridine rings is 1. The zero-order valence-corrected chi connectivity index (χ0v) is 20.3. The molecule has 1 aromatic carbocycles. The second-order valence-corrected chi connectivity index (χ2v) is 8.27. The molecule has 1 N–H and O–H groups in total. The van der Waals surface area contributed by atoms with Crippen molar-refractivity contribution in [2.45, 2.75) is 59.9 Å². The van der Waals surface area contributed by atoms with Crippen molar-refractivity contribution in [3.05, 3.63) is 64.5 Å². The Morgan fingerprint density at radius 2 is 1.97 bits per heavy atom. The number of allylic oxidation sites excluding steroid dienone is 3. The van der Waals surface area contributed by atoms with Crippen LogP contribution in [0.15, 0.2) is 58.9 Å². The second-order valence-electron chi connectivity index (χ2n) is 8.27. The summed E-state index contributed by atoms with van der Waals surface area (Å²) in [6, 6.07) is 5.73. The molecule has 0 radical (unpaired) electrons. The third-order valence-electron chi connectivity index (χ3n) is 5.28. The van der Waals surface area contributed by atoms with Gasteiger partial charge >= 0.3 is 0 Å². The zero-order valence-electron chi connectivity index (χ0n) is 20.3. The minimum absolute atomic E-state index is 0.0732. The van der Waals surface area contributed by atoms with Crippen molar-refractivity contribution >= 4 is 23.1 Å². The second kappa shape index (κ2) is 13.3. The number of unbranched alkanes of at least 4 members (excludes halogenated alkanes) is 1. The van der Waals surface area contributed by atoms with Gasteiger partial charge in [0.25, 0.3) is 12.0 Å². The molecule has 0 aliphatic rings. The van der Waals surface area contributed by atoms with Crippen molar-refractivity contribution in [3.63, 3.8) is 0 Å². The molecular formula is C27H36N2O4. The lowest BCUT2D eigenvalue weighted by molar-refractivity contribution is -0.120. The summed E-state index contributed by atoms with van der Waals surface area (Å²) in [6.07, 6.45) is 9.64. The summed E-state index contributed by atoms with van der Waals surface area (Å²) in [7, 11) is 0. The van der Waals surface area contributed by atoms with Crippen molar-refractivity contribution in [1.29, 1.82) is 0 Å². The molecule has 0 fully saturated rings. The van der Waals surface area contributed by atoms with Crippen LogP contribution in [-0.2, 0) is 11.3 Å². The number of anilines is 1. The highest BCUT2D eigenvalue weighted by molar-refractivity contribution is 5.90. The number of nitrogens with one attached hydrogen (secondary N) is 1. The summed E-state index contributed by atoms with van der Waals surface area (Å²) in [4.78, 5) is 24.5. The molecule has 6 nitrogen and oxygen atoms in total. The molecule has 0 aliphatic heterocycles. The topological polar surface area (TPSA) is 69.6 Å². The van der Waals surface area contributed by atoms with Crippen LogP contribution in [0.5, 0.6) is 11.5 Å². The van der Waals surface area contributed by atoms with Crippen LogP contribution in [0.3, 0.4) is 0 Å². The number of aromatic nitrogens is 1. The van der Waals surface area contributed by atoms with Crippen molar-refractivity contribution < 1.29 is 14.3 Å². The maximum Gasteiger partial charge on any atom is 0.298 e. The maximum absolute atomic E-state index is 13.3. The van der Waals surface area contributed by atoms with Gasteiger partial charge in [-0.2, -0.15) is 0 Å². The standard InChI is InChI=1S/C27H36N2O4/c1-6-8-16-29-24-18-22(28-15-7-2)12-13-23(24)25(26(27(29)31)33-19-30)32-17-14-21(5)11-9-10-20(3)4/h7,10,12-14,18-19,28H,2,6,8-9,11,15-17H2,1,3-5H3/b21-14+. The smallest absolute Gasteiger partial charge is 0.298 e. The molecule has 0 spiro atoms. The van der Waals surface area contributed by atoms with Gasteiger partial charge in [-0.3, -0.25) is 9.59 Å². The van der Waals surface area contributed by atoms with E-state index >= 15 is 0 Å². The predicted molar refractivity (Wildman–Crippen MR) is 136 cm³/mol. The Labute approximate surface area is 196 Å². The Morgan fingerprint density at radius 1 is 1.18 bits per heavy atom. The van der Waals surface area contributed by atoms with Crippen molar-refractivity contribution in [2.75, 3.05) is 18.5 Å². The molecule has 0 amide bonds. The minimum atomic E-state index is -0.372. The van der Waals surface area contributed by atoms with Gasteiger partial charge in [0.05, 0.1) is 5.52 Å². The van der Waals surface area contributed by atoms with Crippen LogP contribution in [0.1, 0.15) is 53.4 Å². The largest absolute Gasteiger partial charge is 0.485 e. The number of carbonyl (C=O) groups is 1. The van der Waals surface area contributed by atoms with Crippen LogP contribution in [0.25, 0.3) is 10.9 Å². The third kappa shape index (κ3) is 7.38. The fourth-order valence-corrected chi connectivity index (χ4v) is 3.49. The summed E-state index contributed by atoms with van der Waals surface area (Å²) < 4.78 is 12.8. The average Bonchev–Trinajstić information content (AvgIpc) is 2.79. The Hall–Kier alpha value is -3.28. The molecule has 0 aliphatic carbocycles. The number of fused-ring (bicyclic) bond motifs is 1. The number of hydrogen-bond donors (Lipinski definition) is 1. The quantitative estimate of drug-likeness (QED) is 0.281. The van der Waals surface area contributed by atoms with E-state index in [0.29, 0.717) is 18.8 Å². The Bertz CT molecular complexity index is 1080. The highest BCUT2D eigenvalue weighted by Gasteiger charge is 2.20. The highest BCUT2D eigenvalue weighted by atomic mass is 16.5. The predicted octanol–water partition coefficient (Wildman–Crippen LogP) is 6.01. The van der Waals surface area contributed by atoms with E-state index in [1.807, 2.05) is 24.3 Å². The van der Waals surface area contributed by atoms with Crippen molar-refractivity contribution in [3.8, 4) is 11.5 Å². The lowest BCUT2D eigenvalue weighted by Crippen LogP contribution is -2.24. The molecule has 0 saturated carbocycles. The fourth-order valence-electron chi connectivity index (χ4n) is 3.49. The summed E-state index contributed by atoms with van der Waals surface area (Å²) in [6.45, 7) is 13.7. The summed E-state index contributed by atoms with van der Waals surface area (Å²) in [5, 5.41) is 3.98. The van der Waals surface area contributed by atoms with Crippen molar-refractivity contribution in [2.24, 2.45) is 0 Å². The van der Waals surface area contributed by atoms with Gasteiger partial charge in [-0.05, 0) is 64.3 Å². The molecular weight excluding hydrogens is 416 g/mol. The number of carbonyl (C=O) groups excluding carboxylic acids is 1. The Balaban J connectivity index is 2.48. The highest BCUT2D eigenvalue weighted by Crippen LogP contribution is 2.34. The van der Waals surface area contributed by atoms with E-state index in [9.17, 15) is 9.59 Å². The number of ether oxygens (including phenoxy) is 2. The number of benzene rings is 1. The van der Waals surface area contributed by atoms with Gasteiger partial charge in [0.1, 0.15) is 6.61 Å². The molecule has 178 valence electrons. The molecule has 2 rings (SSSR count). The third-order valence-corrected chi connectivity index (χ3v) is 5.28. The summed E-state index contributed by atoms with van der Waals surface area (Å²) in [5.41, 5.74) is 3.73. The molecule has 0 bridgehead atoms. The Morgan fingerprint density at radius 3 is 2.64 bits per heavy atom. The SMILES string of the molecule is C=CCNc1ccc2c(OC/C=C(\C)CCC=C(C)C)c(OC=O)c(=O)n(CCCC)c2c1. The van der Waals surface area contributed by atoms with Gasteiger partial charge in [0.15, 0.2) is 5.75 Å². The van der Waals surface area contributed by atoms with Gasteiger partial charge in [-0.25, -0.2) is 0 Å². The van der Waals surface area contributed by atoms with Crippen molar-refractivity contribution in [1.82, 2.24) is 4.57 Å². The zero-order chi connectivity index (χ0) is 24.2. The van der Waals surface area contributed by atoms with E-state index in [2.05, 4.69) is 45.7 Å². The first-order valence-corrected chi connectivity index (χ1v) is 11.5. The first kappa shape index (κ1) is 26.0. The van der Waals surface area contributed by atoms with Crippen LogP contribution >= 0.6 is 0 Å². The monoisotopic (exact) mass is 452 g/mol. The van der Waals surface area contributed by atoms with E-state index < -0.39 is 0 Å². The molecule has 0 unspecified atom stereocenters. The number of hydrogen-bond acceptors (Lipinski definition) is 5. The lowest BCUT2D eigenvalue weighted by atomic mass is 10.1. The maximum atomic E-state index is 13.3. The van der Waals surface area contributed by atoms with Crippen LogP contribution in [0.4, 0.5) is 5.69 Å². The van der Waals surface area contributed by atoms with Gasteiger partial charge in [0.2, 0.25) is 5.75 Å². The van der Waals surface area contributed by atoms with Gasteiger partial charge < -0.3 is 19.4 Å². The van der Waals surface area contributed by atoms with E-state index in [1.54, 1.807) is 10.6 Å². The van der Waals surface area contributed by atoms with Gasteiger partial charge in [-0.1, -0.05) is 36.6 Å². The average molecular weight is 453 g/mol. The van der Waals surface area contributed by atoms with Crippen LogP contribution in [-0.4, -0.2) is 24.2 Å². The molecule has 0 saturated heterocycles. The van der Waals surface area contributed by atoms with E-state index in [4.69, 9.17) is 9.47 Å². The van der Waals surface area contributed by atoms with Gasteiger partial charge in [0, 0.05) is 24.2 Å². The first-order chi connectivity index (χ1) is 15.9. The summed E-state index contributed by atoms with van der Waals surface area (Å²) in [5.74, 6) is 0.217. The van der Waals surface area contributed by atoms with E-state index in [0.717, 1.165) is 42.3 Å².